The molecule has 2 heterocycles. The summed E-state index contributed by atoms with van der Waals surface area (Å²) < 4.78 is 1.85. The number of aromatic nitrogens is 2. The SMILES string of the molecule is CC(C)C1NC(=O)CN(Cc2nccn2C)C1=O. The molecule has 1 aromatic heterocycles. The molecule has 1 aromatic rings. The molecule has 1 fully saturated rings. The Labute approximate surface area is 106 Å². The third-order valence-electron chi connectivity index (χ3n) is 3.15. The van der Waals surface area contributed by atoms with Crippen LogP contribution in [-0.4, -0.2) is 38.9 Å². The van der Waals surface area contributed by atoms with Gasteiger partial charge in [0.2, 0.25) is 11.8 Å². The van der Waals surface area contributed by atoms with Crippen LogP contribution in [0.1, 0.15) is 19.7 Å². The molecule has 0 radical (unpaired) electrons. The van der Waals surface area contributed by atoms with Gasteiger partial charge in [-0.2, -0.15) is 0 Å². The second-order valence-corrected chi connectivity index (χ2v) is 4.94. The lowest BCUT2D eigenvalue weighted by atomic mass is 10.0. The highest BCUT2D eigenvalue weighted by Crippen LogP contribution is 2.13. The lowest BCUT2D eigenvalue weighted by Gasteiger charge is -2.34. The van der Waals surface area contributed by atoms with Gasteiger partial charge in [0, 0.05) is 19.4 Å². The minimum absolute atomic E-state index is 0.0346. The number of rotatable bonds is 3. The second-order valence-electron chi connectivity index (χ2n) is 4.94. The third-order valence-corrected chi connectivity index (χ3v) is 3.15. The molecule has 0 saturated carbocycles. The fourth-order valence-electron chi connectivity index (χ4n) is 2.03. The van der Waals surface area contributed by atoms with E-state index < -0.39 is 6.04 Å². The summed E-state index contributed by atoms with van der Waals surface area (Å²) in [6.07, 6.45) is 3.51. The monoisotopic (exact) mass is 250 g/mol. The van der Waals surface area contributed by atoms with Crippen molar-refractivity contribution in [2.75, 3.05) is 6.54 Å². The molecule has 2 rings (SSSR count). The van der Waals surface area contributed by atoms with Crippen LogP contribution >= 0.6 is 0 Å². The highest BCUT2D eigenvalue weighted by Gasteiger charge is 2.34. The number of amides is 2. The number of nitrogens with zero attached hydrogens (tertiary/aromatic N) is 3. The van der Waals surface area contributed by atoms with E-state index in [-0.39, 0.29) is 24.3 Å². The number of imidazole rings is 1. The van der Waals surface area contributed by atoms with Crippen LogP contribution in [0.5, 0.6) is 0 Å². The molecular formula is C12H18N4O2. The second kappa shape index (κ2) is 4.80. The molecule has 0 bridgehead atoms. The van der Waals surface area contributed by atoms with Gasteiger partial charge >= 0.3 is 0 Å². The van der Waals surface area contributed by atoms with Crippen LogP contribution in [0.3, 0.4) is 0 Å². The molecule has 6 nitrogen and oxygen atoms in total. The lowest BCUT2D eigenvalue weighted by molar-refractivity contribution is -0.146. The van der Waals surface area contributed by atoms with Gasteiger partial charge < -0.3 is 14.8 Å². The van der Waals surface area contributed by atoms with Crippen LogP contribution < -0.4 is 5.32 Å². The molecule has 2 amide bonds. The highest BCUT2D eigenvalue weighted by atomic mass is 16.2. The quantitative estimate of drug-likeness (QED) is 0.815. The van der Waals surface area contributed by atoms with E-state index in [2.05, 4.69) is 10.3 Å². The number of aryl methyl sites for hydroxylation is 1. The van der Waals surface area contributed by atoms with Crippen molar-refractivity contribution in [3.63, 3.8) is 0 Å². The van der Waals surface area contributed by atoms with E-state index in [0.717, 1.165) is 5.82 Å². The Morgan fingerprint density at radius 2 is 2.22 bits per heavy atom. The molecular weight excluding hydrogens is 232 g/mol. The first kappa shape index (κ1) is 12.6. The Bertz CT molecular complexity index is 466. The van der Waals surface area contributed by atoms with Gasteiger partial charge in [0.25, 0.3) is 0 Å². The van der Waals surface area contributed by atoms with Crippen LogP contribution in [0.25, 0.3) is 0 Å². The molecule has 1 aliphatic heterocycles. The van der Waals surface area contributed by atoms with Crippen molar-refractivity contribution in [2.24, 2.45) is 13.0 Å². The number of hydrogen-bond donors (Lipinski definition) is 1. The summed E-state index contributed by atoms with van der Waals surface area (Å²) in [6, 6.07) is -0.425. The largest absolute Gasteiger partial charge is 0.343 e. The van der Waals surface area contributed by atoms with Crippen molar-refractivity contribution >= 4 is 11.8 Å². The molecule has 1 unspecified atom stereocenters. The van der Waals surface area contributed by atoms with Gasteiger partial charge in [0.05, 0.1) is 6.54 Å². The zero-order chi connectivity index (χ0) is 13.3. The van der Waals surface area contributed by atoms with Gasteiger partial charge in [-0.3, -0.25) is 9.59 Å². The van der Waals surface area contributed by atoms with Crippen LogP contribution in [0.4, 0.5) is 0 Å². The van der Waals surface area contributed by atoms with E-state index in [9.17, 15) is 9.59 Å². The first-order valence-electron chi connectivity index (χ1n) is 6.03. The number of hydrogen-bond acceptors (Lipinski definition) is 3. The molecule has 6 heteroatoms. The molecule has 0 spiro atoms. The number of piperazine rings is 1. The first-order chi connectivity index (χ1) is 8.49. The highest BCUT2D eigenvalue weighted by molar-refractivity contribution is 5.94. The van der Waals surface area contributed by atoms with Crippen LogP contribution in [0.2, 0.25) is 0 Å². The van der Waals surface area contributed by atoms with Crippen molar-refractivity contribution in [2.45, 2.75) is 26.4 Å². The summed E-state index contributed by atoms with van der Waals surface area (Å²) in [7, 11) is 1.87. The number of carbonyl (C=O) groups is 2. The van der Waals surface area contributed by atoms with E-state index in [1.54, 1.807) is 11.1 Å². The molecule has 0 aromatic carbocycles. The zero-order valence-corrected chi connectivity index (χ0v) is 10.9. The predicted molar refractivity (Wildman–Crippen MR) is 65.4 cm³/mol. The van der Waals surface area contributed by atoms with Crippen LogP contribution in [-0.2, 0) is 23.2 Å². The summed E-state index contributed by atoms with van der Waals surface area (Å²) in [6.45, 7) is 4.33. The van der Waals surface area contributed by atoms with E-state index >= 15 is 0 Å². The fourth-order valence-corrected chi connectivity index (χ4v) is 2.03. The molecule has 0 aliphatic carbocycles. The van der Waals surface area contributed by atoms with Gasteiger partial charge in [-0.15, -0.1) is 0 Å². The smallest absolute Gasteiger partial charge is 0.246 e. The number of nitrogens with one attached hydrogen (secondary N) is 1. The van der Waals surface area contributed by atoms with E-state index in [0.29, 0.717) is 6.54 Å². The Kier molecular flexibility index (Phi) is 3.36. The van der Waals surface area contributed by atoms with Gasteiger partial charge in [-0.25, -0.2) is 4.98 Å². The summed E-state index contributed by atoms with van der Waals surface area (Å²) in [5.74, 6) is 0.723. The van der Waals surface area contributed by atoms with Gasteiger partial charge in [0.15, 0.2) is 0 Å². The Morgan fingerprint density at radius 3 is 2.78 bits per heavy atom. The van der Waals surface area contributed by atoms with E-state index in [1.165, 1.54) is 0 Å². The third kappa shape index (κ3) is 2.37. The summed E-state index contributed by atoms with van der Waals surface area (Å²) in [5.41, 5.74) is 0. The molecule has 1 atom stereocenters. The van der Waals surface area contributed by atoms with Crippen LogP contribution in [0.15, 0.2) is 12.4 Å². The molecule has 18 heavy (non-hydrogen) atoms. The summed E-state index contributed by atoms with van der Waals surface area (Å²) in [4.78, 5) is 29.6. The van der Waals surface area contributed by atoms with E-state index in [1.807, 2.05) is 31.7 Å². The topological polar surface area (TPSA) is 67.2 Å². The zero-order valence-electron chi connectivity index (χ0n) is 10.9. The van der Waals surface area contributed by atoms with Gasteiger partial charge in [-0.1, -0.05) is 13.8 Å². The maximum atomic E-state index is 12.2. The lowest BCUT2D eigenvalue weighted by Crippen LogP contribution is -2.59. The van der Waals surface area contributed by atoms with Crippen molar-refractivity contribution in [1.29, 1.82) is 0 Å². The van der Waals surface area contributed by atoms with Crippen LogP contribution in [0, 0.1) is 5.92 Å². The fraction of sp³-hybridized carbons (Fsp3) is 0.583. The van der Waals surface area contributed by atoms with Gasteiger partial charge in [-0.05, 0) is 5.92 Å². The molecule has 1 aliphatic rings. The van der Waals surface area contributed by atoms with Gasteiger partial charge in [0.1, 0.15) is 18.4 Å². The molecule has 1 saturated heterocycles. The minimum Gasteiger partial charge on any atom is -0.343 e. The minimum atomic E-state index is -0.425. The Balaban J connectivity index is 2.14. The standard InChI is InChI=1S/C12H18N4O2/c1-8(2)11-12(18)16(7-10(17)14-11)6-9-13-4-5-15(9)3/h4-5,8,11H,6-7H2,1-3H3,(H,14,17). The van der Waals surface area contributed by atoms with Crippen molar-refractivity contribution < 1.29 is 9.59 Å². The van der Waals surface area contributed by atoms with Crippen molar-refractivity contribution in [1.82, 2.24) is 19.8 Å². The maximum absolute atomic E-state index is 12.2. The molecule has 98 valence electrons. The summed E-state index contributed by atoms with van der Waals surface area (Å²) in [5, 5.41) is 2.73. The molecule has 1 N–H and O–H groups in total. The average Bonchev–Trinajstić information content (AvgIpc) is 2.69. The normalized spacial score (nSPS) is 20.4. The first-order valence-corrected chi connectivity index (χ1v) is 6.03. The van der Waals surface area contributed by atoms with E-state index in [4.69, 9.17) is 0 Å². The Hall–Kier alpha value is -1.85. The number of carbonyl (C=O) groups excluding carboxylic acids is 2. The Morgan fingerprint density at radius 1 is 1.50 bits per heavy atom. The predicted octanol–water partition coefficient (Wildman–Crippen LogP) is -0.0969. The average molecular weight is 250 g/mol. The van der Waals surface area contributed by atoms with Crippen molar-refractivity contribution in [3.8, 4) is 0 Å². The summed E-state index contributed by atoms with van der Waals surface area (Å²) >= 11 is 0. The maximum Gasteiger partial charge on any atom is 0.246 e. The van der Waals surface area contributed by atoms with Crippen molar-refractivity contribution in [3.05, 3.63) is 18.2 Å².